The third-order valence-electron chi connectivity index (χ3n) is 3.04. The Morgan fingerprint density at radius 2 is 2.37 bits per heavy atom. The number of nitrogens with two attached hydrogens (primary N) is 1. The summed E-state index contributed by atoms with van der Waals surface area (Å²) < 4.78 is 19.5. The van der Waals surface area contributed by atoms with Crippen LogP contribution in [0.4, 0.5) is 4.39 Å². The molecule has 0 radical (unpaired) electrons. The minimum absolute atomic E-state index is 0.0724. The topological polar surface area (TPSA) is 104 Å². The molecule has 7 nitrogen and oxygen atoms in total. The fraction of sp³-hybridized carbons (Fsp3) is 0.600. The van der Waals surface area contributed by atoms with Gasteiger partial charge in [-0.2, -0.15) is 5.10 Å². The van der Waals surface area contributed by atoms with Crippen LogP contribution < -0.4 is 5.73 Å². The van der Waals surface area contributed by atoms with Gasteiger partial charge >= 0.3 is 0 Å². The van der Waals surface area contributed by atoms with Crippen LogP contribution in [-0.2, 0) is 4.74 Å². The molecule has 0 bridgehead atoms. The van der Waals surface area contributed by atoms with Gasteiger partial charge in [-0.25, -0.2) is 14.4 Å². The largest absolute Gasteiger partial charge is 0.393 e. The van der Waals surface area contributed by atoms with Gasteiger partial charge in [0.25, 0.3) is 0 Å². The lowest BCUT2D eigenvalue weighted by molar-refractivity contribution is -0.129. The molecule has 2 rings (SSSR count). The molecule has 0 aromatic heterocycles. The lowest BCUT2D eigenvalue weighted by atomic mass is 9.99. The molecule has 0 spiro atoms. The van der Waals surface area contributed by atoms with Crippen molar-refractivity contribution in [3.63, 3.8) is 0 Å². The Morgan fingerprint density at radius 3 is 2.84 bits per heavy atom. The Bertz CT molecular complexity index is 440. The number of rotatable bonds is 3. The number of hydrazone groups is 1. The molecule has 0 amide bonds. The van der Waals surface area contributed by atoms with E-state index in [0.29, 0.717) is 0 Å². The van der Waals surface area contributed by atoms with Gasteiger partial charge in [0.05, 0.1) is 18.7 Å². The van der Waals surface area contributed by atoms with Gasteiger partial charge in [0.1, 0.15) is 23.4 Å². The van der Waals surface area contributed by atoms with Crippen LogP contribution in [-0.4, -0.2) is 63.9 Å². The smallest absolute Gasteiger partial charge is 0.187 e. The second kappa shape index (κ2) is 5.04. The van der Waals surface area contributed by atoms with E-state index < -0.39 is 30.7 Å². The average Bonchev–Trinajstić information content (AvgIpc) is 2.64. The first-order valence-corrected chi connectivity index (χ1v) is 6.01. The fourth-order valence-electron chi connectivity index (χ4n) is 1.92. The molecular formula is C10H14ClFN4O3. The molecule has 0 aromatic rings. The number of hydrogen-bond donors (Lipinski definition) is 3. The predicted molar refractivity (Wildman–Crippen MR) is 67.4 cm³/mol. The van der Waals surface area contributed by atoms with Crippen molar-refractivity contribution in [2.45, 2.75) is 24.1 Å². The van der Waals surface area contributed by atoms with Crippen molar-refractivity contribution >= 4 is 23.7 Å². The van der Waals surface area contributed by atoms with Crippen LogP contribution in [0.2, 0.25) is 0 Å². The molecule has 0 unspecified atom stereocenters. The molecule has 1 fully saturated rings. The van der Waals surface area contributed by atoms with E-state index in [9.17, 15) is 14.6 Å². The molecule has 4 N–H and O–H groups in total. The van der Waals surface area contributed by atoms with Gasteiger partial charge in [0, 0.05) is 0 Å². The van der Waals surface area contributed by atoms with Gasteiger partial charge in [0.15, 0.2) is 12.4 Å². The highest BCUT2D eigenvalue weighted by Crippen LogP contribution is 2.37. The van der Waals surface area contributed by atoms with E-state index in [1.165, 1.54) is 6.21 Å². The summed E-state index contributed by atoms with van der Waals surface area (Å²) in [6.07, 6.45) is -3.47. The zero-order chi connectivity index (χ0) is 14.2. The first kappa shape index (κ1) is 14.2. The fourth-order valence-corrected chi connectivity index (χ4v) is 2.23. The Hall–Kier alpha value is -1.22. The van der Waals surface area contributed by atoms with Crippen LogP contribution in [0.5, 0.6) is 0 Å². The molecule has 106 valence electrons. The zero-order valence-corrected chi connectivity index (χ0v) is 10.7. The van der Waals surface area contributed by atoms with E-state index in [1.54, 1.807) is 0 Å². The Morgan fingerprint density at radius 1 is 1.68 bits per heavy atom. The monoisotopic (exact) mass is 292 g/mol. The zero-order valence-electron chi connectivity index (χ0n) is 9.91. The third kappa shape index (κ3) is 2.20. The number of nitrogens with zero attached hydrogens (tertiary/aromatic N) is 3. The van der Waals surface area contributed by atoms with Crippen LogP contribution in [0.25, 0.3) is 0 Å². The minimum Gasteiger partial charge on any atom is -0.393 e. The van der Waals surface area contributed by atoms with Crippen molar-refractivity contribution in [3.8, 4) is 0 Å². The quantitative estimate of drug-likeness (QED) is 0.587. The van der Waals surface area contributed by atoms with Gasteiger partial charge in [-0.3, -0.25) is 0 Å². The van der Waals surface area contributed by atoms with Gasteiger partial charge < -0.3 is 20.7 Å². The van der Waals surface area contributed by atoms with Gasteiger partial charge in [0.2, 0.25) is 0 Å². The number of aliphatic hydroxyl groups is 2. The van der Waals surface area contributed by atoms with Crippen molar-refractivity contribution in [1.82, 2.24) is 5.01 Å². The summed E-state index contributed by atoms with van der Waals surface area (Å²) in [6.45, 7) is 2.95. The predicted octanol–water partition coefficient (Wildman–Crippen LogP) is -0.859. The van der Waals surface area contributed by atoms with Crippen molar-refractivity contribution in [2.24, 2.45) is 15.8 Å². The molecule has 9 heteroatoms. The second-order valence-electron chi connectivity index (χ2n) is 4.30. The molecule has 4 atom stereocenters. The summed E-state index contributed by atoms with van der Waals surface area (Å²) in [5.74, 6) is -0.0686. The highest BCUT2D eigenvalue weighted by molar-refractivity contribution is 6.29. The van der Waals surface area contributed by atoms with Crippen molar-refractivity contribution in [1.29, 1.82) is 0 Å². The SMILES string of the molecule is C=C1N=C(N)C=NN1[C@@H]1O[C@@](CO)(CCl)[C@@H](O)[C@H]1F. The Kier molecular flexibility index (Phi) is 3.77. The number of halogens is 2. The standard InChI is InChI=1S/C10H14ClFN4O3/c1-5-15-6(13)2-14-16(5)9-7(12)8(18)10(3-11,4-17)19-9/h2,7-9,17-18H,1,3-4H2,(H2,13,15)/t7-,8+,9-,10-/m1/s1. The van der Waals surface area contributed by atoms with Crippen molar-refractivity contribution in [3.05, 3.63) is 12.4 Å². The maximum atomic E-state index is 14.1. The minimum atomic E-state index is -1.82. The second-order valence-corrected chi connectivity index (χ2v) is 4.56. The molecular weight excluding hydrogens is 279 g/mol. The van der Waals surface area contributed by atoms with Crippen LogP contribution in [0, 0.1) is 0 Å². The van der Waals surface area contributed by atoms with E-state index in [2.05, 4.69) is 16.7 Å². The summed E-state index contributed by atoms with van der Waals surface area (Å²) in [6, 6.07) is 0. The van der Waals surface area contributed by atoms with Crippen LogP contribution in [0.1, 0.15) is 0 Å². The molecule has 2 heterocycles. The van der Waals surface area contributed by atoms with Crippen molar-refractivity contribution in [2.75, 3.05) is 12.5 Å². The highest BCUT2D eigenvalue weighted by atomic mass is 35.5. The normalized spacial score (nSPS) is 38.7. The van der Waals surface area contributed by atoms with E-state index in [1.807, 2.05) is 0 Å². The van der Waals surface area contributed by atoms with Crippen LogP contribution in [0.3, 0.4) is 0 Å². The summed E-state index contributed by atoms with van der Waals surface area (Å²) in [4.78, 5) is 3.82. The third-order valence-corrected chi connectivity index (χ3v) is 3.49. The lowest BCUT2D eigenvalue weighted by Crippen LogP contribution is -2.47. The van der Waals surface area contributed by atoms with Crippen molar-refractivity contribution < 1.29 is 19.3 Å². The summed E-state index contributed by atoms with van der Waals surface area (Å²) in [5.41, 5.74) is 3.85. The van der Waals surface area contributed by atoms with E-state index in [-0.39, 0.29) is 17.5 Å². The molecule has 1 saturated heterocycles. The number of amidine groups is 1. The molecule has 0 saturated carbocycles. The van der Waals surface area contributed by atoms with Crippen LogP contribution >= 0.6 is 11.6 Å². The van der Waals surface area contributed by atoms with Gasteiger partial charge in [-0.1, -0.05) is 6.58 Å². The number of ether oxygens (including phenoxy) is 1. The van der Waals surface area contributed by atoms with Gasteiger partial charge in [-0.05, 0) is 0 Å². The maximum Gasteiger partial charge on any atom is 0.187 e. The number of aliphatic imine (C=N–C) groups is 1. The van der Waals surface area contributed by atoms with E-state index in [4.69, 9.17) is 22.1 Å². The molecule has 0 aromatic carbocycles. The van der Waals surface area contributed by atoms with Gasteiger partial charge in [-0.15, -0.1) is 11.6 Å². The molecule has 0 aliphatic carbocycles. The number of alkyl halides is 2. The summed E-state index contributed by atoms with van der Waals surface area (Å²) in [7, 11) is 0. The average molecular weight is 293 g/mol. The number of aliphatic hydroxyl groups excluding tert-OH is 2. The molecule has 2 aliphatic heterocycles. The maximum absolute atomic E-state index is 14.1. The number of hydrogen-bond acceptors (Lipinski definition) is 7. The Labute approximate surface area is 113 Å². The van der Waals surface area contributed by atoms with Crippen LogP contribution in [0.15, 0.2) is 22.5 Å². The highest BCUT2D eigenvalue weighted by Gasteiger charge is 2.57. The first-order valence-electron chi connectivity index (χ1n) is 5.48. The van der Waals surface area contributed by atoms with E-state index >= 15 is 0 Å². The first-order chi connectivity index (χ1) is 8.95. The summed E-state index contributed by atoms with van der Waals surface area (Å²) >= 11 is 5.65. The Balaban J connectivity index is 2.24. The summed E-state index contributed by atoms with van der Waals surface area (Å²) in [5, 5.41) is 24.0. The van der Waals surface area contributed by atoms with E-state index in [0.717, 1.165) is 5.01 Å². The molecule has 19 heavy (non-hydrogen) atoms. The lowest BCUT2D eigenvalue weighted by Gasteiger charge is -2.30. The molecule has 2 aliphatic rings.